The van der Waals surface area contributed by atoms with Crippen molar-refractivity contribution in [2.24, 2.45) is 0 Å². The molecule has 3 rings (SSSR count). The lowest BCUT2D eigenvalue weighted by Crippen LogP contribution is -2.31. The molecule has 6 N–H and O–H groups in total. The highest BCUT2D eigenvalue weighted by Crippen LogP contribution is 2.66. The third kappa shape index (κ3) is 9.76. The Morgan fingerprint density at radius 3 is 2.09 bits per heavy atom. The molecule has 2 aliphatic heterocycles. The van der Waals surface area contributed by atoms with Gasteiger partial charge in [-0.2, -0.15) is 8.62 Å². The molecule has 192 valence electrons. The van der Waals surface area contributed by atoms with Gasteiger partial charge in [-0.05, 0) is 0 Å². The number of nitrogens with one attached hydrogen (secondary N) is 1. The molecular weight excluding hydrogens is 533 g/mol. The van der Waals surface area contributed by atoms with Crippen LogP contribution in [0.4, 0.5) is 0 Å². The Balaban J connectivity index is 0.000000589. The second kappa shape index (κ2) is 11.7. The fraction of sp³-hybridized carbons (Fsp3) is 0.385. The molecule has 2 aliphatic rings. The summed E-state index contributed by atoms with van der Waals surface area (Å²) in [6.45, 7) is -0.876. The summed E-state index contributed by atoms with van der Waals surface area (Å²) in [5.41, 5.74) is -1.50. The summed E-state index contributed by atoms with van der Waals surface area (Å²) in [5, 5.41) is 9.91. The molecule has 0 spiro atoms. The molecule has 1 fully saturated rings. The minimum absolute atomic E-state index is 0.170. The number of aliphatic hydroxyl groups is 1. The molecule has 1 saturated heterocycles. The fourth-order valence-corrected chi connectivity index (χ4v) is 5.41. The first kappa shape index (κ1) is 28.3. The fourth-order valence-electron chi connectivity index (χ4n) is 2.38. The largest absolute Gasteiger partial charge is 0.490 e. The van der Waals surface area contributed by atoms with E-state index in [-0.39, 0.29) is 6.42 Å². The second-order valence-corrected chi connectivity index (χ2v) is 10.6. The van der Waals surface area contributed by atoms with Crippen LogP contribution < -0.4 is 11.2 Å². The van der Waals surface area contributed by atoms with Gasteiger partial charge in [0.2, 0.25) is 0 Å². The summed E-state index contributed by atoms with van der Waals surface area (Å²) < 4.78 is 60.2. The standard InChI is InChI=1S/C9H15N2O14P3.C4H4O2/c12-5-3-8(11-2-1-7(13)10-9(11)14)23-6(5)4-22-27(18,19)25-28(20,21)24-26(15,16)17;1-2-6-4-3-5-1/h1-2,5-6,8,12H,3-4H2,(H,18,19)(H,20,21)(H,10,13,14)(H2,15,16,17);1-4H/t5-,6+,8+;/m0./s1. The monoisotopic (exact) mass is 552 g/mol. The van der Waals surface area contributed by atoms with Crippen molar-refractivity contribution in [2.45, 2.75) is 24.9 Å². The minimum atomic E-state index is -5.67. The van der Waals surface area contributed by atoms with E-state index < -0.39 is 59.8 Å². The predicted molar refractivity (Wildman–Crippen MR) is 106 cm³/mol. The first-order valence-corrected chi connectivity index (χ1v) is 13.2. The molecule has 3 heterocycles. The quantitative estimate of drug-likeness (QED) is 0.222. The van der Waals surface area contributed by atoms with Crippen LogP contribution in [0.5, 0.6) is 0 Å². The Kier molecular flexibility index (Phi) is 9.73. The summed E-state index contributed by atoms with van der Waals surface area (Å²) in [6, 6.07) is 1.02. The highest BCUT2D eigenvalue weighted by atomic mass is 31.3. The van der Waals surface area contributed by atoms with Crippen LogP contribution in [0.25, 0.3) is 0 Å². The molecule has 2 unspecified atom stereocenters. The predicted octanol–water partition coefficient (Wildman–Crippen LogP) is -0.496. The van der Waals surface area contributed by atoms with Gasteiger partial charge in [0.05, 0.1) is 12.7 Å². The third-order valence-corrected chi connectivity index (χ3v) is 7.41. The van der Waals surface area contributed by atoms with E-state index in [9.17, 15) is 33.3 Å². The normalized spacial score (nSPS) is 25.3. The van der Waals surface area contributed by atoms with Gasteiger partial charge in [0.25, 0.3) is 5.56 Å². The Bertz CT molecular complexity index is 1130. The number of aromatic nitrogens is 2. The van der Waals surface area contributed by atoms with Crippen LogP contribution in [-0.2, 0) is 41.1 Å². The van der Waals surface area contributed by atoms with E-state index in [2.05, 4.69) is 22.6 Å². The average Bonchev–Trinajstić information content (AvgIpc) is 3.06. The van der Waals surface area contributed by atoms with Crippen molar-refractivity contribution in [3.8, 4) is 0 Å². The minimum Gasteiger partial charge on any atom is -0.466 e. The molecule has 0 saturated carbocycles. The maximum Gasteiger partial charge on any atom is 0.490 e. The number of hydrogen-bond donors (Lipinski definition) is 6. The molecule has 21 heteroatoms. The summed E-state index contributed by atoms with van der Waals surface area (Å²) in [6.07, 6.45) is 3.10. The number of nitrogens with zero attached hydrogens (tertiary/aromatic N) is 1. The lowest BCUT2D eigenvalue weighted by molar-refractivity contribution is -0.0450. The van der Waals surface area contributed by atoms with Gasteiger partial charge >= 0.3 is 29.2 Å². The van der Waals surface area contributed by atoms with Crippen LogP contribution >= 0.6 is 23.5 Å². The van der Waals surface area contributed by atoms with E-state index in [0.29, 0.717) is 0 Å². The van der Waals surface area contributed by atoms with Gasteiger partial charge in [0.15, 0.2) is 0 Å². The van der Waals surface area contributed by atoms with E-state index >= 15 is 0 Å². The van der Waals surface area contributed by atoms with Crippen molar-refractivity contribution >= 4 is 23.5 Å². The molecule has 0 radical (unpaired) electrons. The number of aliphatic hydroxyl groups excluding tert-OH is 1. The number of phosphoric ester groups is 1. The molecule has 0 aromatic carbocycles. The number of hydrogen-bond acceptors (Lipinski definition) is 12. The highest BCUT2D eigenvalue weighted by Gasteiger charge is 2.42. The molecule has 34 heavy (non-hydrogen) atoms. The number of rotatable bonds is 8. The van der Waals surface area contributed by atoms with Gasteiger partial charge in [0, 0.05) is 18.7 Å². The van der Waals surface area contributed by atoms with Gasteiger partial charge in [-0.25, -0.2) is 18.5 Å². The number of ether oxygens (including phenoxy) is 3. The van der Waals surface area contributed by atoms with Crippen LogP contribution in [0.2, 0.25) is 0 Å². The van der Waals surface area contributed by atoms with Crippen LogP contribution in [0.15, 0.2) is 46.9 Å². The first-order valence-electron chi connectivity index (χ1n) is 8.72. The Morgan fingerprint density at radius 2 is 1.59 bits per heavy atom. The lowest BCUT2D eigenvalue weighted by atomic mass is 10.2. The van der Waals surface area contributed by atoms with Crippen molar-refractivity contribution in [1.82, 2.24) is 9.55 Å². The van der Waals surface area contributed by atoms with Gasteiger partial charge < -0.3 is 38.9 Å². The van der Waals surface area contributed by atoms with Crippen LogP contribution in [0.3, 0.4) is 0 Å². The smallest absolute Gasteiger partial charge is 0.466 e. The van der Waals surface area contributed by atoms with Crippen molar-refractivity contribution < 1.29 is 65.7 Å². The van der Waals surface area contributed by atoms with Gasteiger partial charge in [-0.3, -0.25) is 18.9 Å². The molecule has 0 aliphatic carbocycles. The van der Waals surface area contributed by atoms with Crippen LogP contribution in [0, 0.1) is 0 Å². The molecule has 5 atom stereocenters. The lowest BCUT2D eigenvalue weighted by Gasteiger charge is -2.19. The SMILES string of the molecule is C1=COC=CO1.O=c1ccn([C@H]2C[C@H](O)[C@@H](COP(=O)(O)OP(=O)(O)OP(=O)(O)O)O2)c(=O)[nH]1. The molecule has 18 nitrogen and oxygen atoms in total. The maximum absolute atomic E-state index is 11.7. The van der Waals surface area contributed by atoms with Gasteiger partial charge in [0.1, 0.15) is 37.4 Å². The highest BCUT2D eigenvalue weighted by molar-refractivity contribution is 7.66. The molecule has 1 aromatic rings. The van der Waals surface area contributed by atoms with E-state index in [1.54, 1.807) is 0 Å². The van der Waals surface area contributed by atoms with E-state index in [4.69, 9.17) is 19.4 Å². The van der Waals surface area contributed by atoms with Gasteiger partial charge in [-0.15, -0.1) is 0 Å². The third-order valence-electron chi connectivity index (χ3n) is 3.61. The zero-order valence-corrected chi connectivity index (χ0v) is 19.3. The van der Waals surface area contributed by atoms with Crippen molar-refractivity contribution in [2.75, 3.05) is 6.61 Å². The van der Waals surface area contributed by atoms with Gasteiger partial charge in [-0.1, -0.05) is 0 Å². The van der Waals surface area contributed by atoms with E-state index in [0.717, 1.165) is 16.8 Å². The summed E-state index contributed by atoms with van der Waals surface area (Å²) in [7, 11) is -16.6. The Labute approximate surface area is 189 Å². The zero-order valence-electron chi connectivity index (χ0n) is 16.6. The molecule has 1 aromatic heterocycles. The Morgan fingerprint density at radius 1 is 1.00 bits per heavy atom. The first-order chi connectivity index (χ1) is 15.7. The molecular formula is C13H19N2O16P3. The Hall–Kier alpha value is -1.91. The summed E-state index contributed by atoms with van der Waals surface area (Å²) >= 11 is 0. The molecule has 0 bridgehead atoms. The number of H-pyrrole nitrogens is 1. The maximum atomic E-state index is 11.7. The van der Waals surface area contributed by atoms with E-state index in [1.807, 2.05) is 4.98 Å². The van der Waals surface area contributed by atoms with Crippen molar-refractivity contribution in [1.29, 1.82) is 0 Å². The van der Waals surface area contributed by atoms with Crippen LogP contribution in [-0.4, -0.2) is 53.0 Å². The van der Waals surface area contributed by atoms with Crippen molar-refractivity contribution in [3.63, 3.8) is 0 Å². The second-order valence-electron chi connectivity index (χ2n) is 6.15. The average molecular weight is 552 g/mol. The summed E-state index contributed by atoms with van der Waals surface area (Å²) in [4.78, 5) is 60.0. The zero-order chi connectivity index (χ0) is 25.6. The van der Waals surface area contributed by atoms with Crippen LogP contribution in [0.1, 0.15) is 12.6 Å². The van der Waals surface area contributed by atoms with Crippen molar-refractivity contribution in [3.05, 3.63) is 58.1 Å². The van der Waals surface area contributed by atoms with E-state index in [1.165, 1.54) is 25.0 Å². The summed E-state index contributed by atoms with van der Waals surface area (Å²) in [5.74, 6) is 0. The topological polar surface area (TPSA) is 263 Å². The number of aromatic amines is 1. The molecule has 0 amide bonds. The number of phosphoric acid groups is 3.